The largest absolute Gasteiger partial charge is 0.444 e. The molecule has 0 radical (unpaired) electrons. The number of likely N-dealkylation sites (tertiary alicyclic amines) is 1. The predicted molar refractivity (Wildman–Crippen MR) is 51.9 cm³/mol. The molecule has 0 bridgehead atoms. The lowest BCUT2D eigenvalue weighted by atomic mass is 10.1. The van der Waals surface area contributed by atoms with Crippen molar-refractivity contribution in [2.45, 2.75) is 32.3 Å². The van der Waals surface area contributed by atoms with E-state index in [0.29, 0.717) is 0 Å². The second kappa shape index (κ2) is 3.89. The monoisotopic (exact) mass is 232 g/mol. The lowest BCUT2D eigenvalue weighted by Crippen LogP contribution is -2.36. The second-order valence-corrected chi connectivity index (χ2v) is 4.80. The molecular formula is C10H14F2N2O2. The van der Waals surface area contributed by atoms with Gasteiger partial charge in [-0.15, -0.1) is 0 Å². The van der Waals surface area contributed by atoms with Crippen LogP contribution in [0.25, 0.3) is 0 Å². The molecule has 0 saturated carbocycles. The minimum Gasteiger partial charge on any atom is -0.444 e. The highest BCUT2D eigenvalue weighted by molar-refractivity contribution is 5.68. The molecule has 0 aromatic carbocycles. The van der Waals surface area contributed by atoms with Gasteiger partial charge in [-0.25, -0.2) is 13.6 Å². The van der Waals surface area contributed by atoms with Crippen LogP contribution >= 0.6 is 0 Å². The van der Waals surface area contributed by atoms with Gasteiger partial charge in [-0.3, -0.25) is 0 Å². The summed E-state index contributed by atoms with van der Waals surface area (Å²) in [6, 6.07) is 1.50. The van der Waals surface area contributed by atoms with Gasteiger partial charge in [-0.05, 0) is 20.8 Å². The Morgan fingerprint density at radius 3 is 2.50 bits per heavy atom. The van der Waals surface area contributed by atoms with Gasteiger partial charge in [0.2, 0.25) is 0 Å². The van der Waals surface area contributed by atoms with Crippen LogP contribution in [0, 0.1) is 17.2 Å². The van der Waals surface area contributed by atoms with Crippen molar-refractivity contribution in [3.63, 3.8) is 0 Å². The molecule has 0 aromatic heterocycles. The van der Waals surface area contributed by atoms with Crippen LogP contribution in [-0.4, -0.2) is 35.6 Å². The standard InChI is InChI=1S/C10H14F2N2O2/c1-9(2,3)16-8(15)14-5-7(4-13)10(11,12)6-14/h7H,5-6H2,1-3H3. The number of nitrogens with zero attached hydrogens (tertiary/aromatic N) is 2. The molecule has 1 heterocycles. The van der Waals surface area contributed by atoms with Crippen LogP contribution in [0.15, 0.2) is 0 Å². The molecule has 6 heteroatoms. The van der Waals surface area contributed by atoms with Gasteiger partial charge < -0.3 is 9.64 Å². The molecule has 1 aliphatic heterocycles. The van der Waals surface area contributed by atoms with Gasteiger partial charge in [-0.1, -0.05) is 0 Å². The van der Waals surface area contributed by atoms with E-state index in [1.165, 1.54) is 6.07 Å². The molecule has 0 N–H and O–H groups in total. The number of hydrogen-bond donors (Lipinski definition) is 0. The van der Waals surface area contributed by atoms with Crippen molar-refractivity contribution in [3.8, 4) is 6.07 Å². The Kier molecular flexibility index (Phi) is 3.08. The van der Waals surface area contributed by atoms with Crippen molar-refractivity contribution in [2.24, 2.45) is 5.92 Å². The molecule has 0 aliphatic carbocycles. The third kappa shape index (κ3) is 2.81. The number of nitriles is 1. The number of carbonyl (C=O) groups excluding carboxylic acids is 1. The van der Waals surface area contributed by atoms with Crippen molar-refractivity contribution < 1.29 is 18.3 Å². The first-order chi connectivity index (χ1) is 7.15. The lowest BCUT2D eigenvalue weighted by Gasteiger charge is -2.24. The fraction of sp³-hybridized carbons (Fsp3) is 0.800. The number of halogens is 2. The summed E-state index contributed by atoms with van der Waals surface area (Å²) in [7, 11) is 0. The molecule has 1 saturated heterocycles. The normalized spacial score (nSPS) is 24.0. The predicted octanol–water partition coefficient (Wildman–Crippen LogP) is 2.01. The van der Waals surface area contributed by atoms with Gasteiger partial charge in [0.15, 0.2) is 0 Å². The first kappa shape index (κ1) is 12.7. The van der Waals surface area contributed by atoms with Crippen LogP contribution in [0.1, 0.15) is 20.8 Å². The van der Waals surface area contributed by atoms with Gasteiger partial charge in [0.1, 0.15) is 11.5 Å². The molecule has 4 nitrogen and oxygen atoms in total. The molecule has 1 unspecified atom stereocenters. The Bertz CT molecular complexity index is 331. The summed E-state index contributed by atoms with van der Waals surface area (Å²) in [5, 5.41) is 8.52. The number of carbonyl (C=O) groups is 1. The van der Waals surface area contributed by atoms with Crippen molar-refractivity contribution in [1.82, 2.24) is 4.90 Å². The zero-order valence-corrected chi connectivity index (χ0v) is 9.46. The highest BCUT2D eigenvalue weighted by Gasteiger charge is 2.50. The van der Waals surface area contributed by atoms with E-state index in [1.807, 2.05) is 0 Å². The van der Waals surface area contributed by atoms with Gasteiger partial charge in [0.05, 0.1) is 12.6 Å². The van der Waals surface area contributed by atoms with Gasteiger partial charge >= 0.3 is 6.09 Å². The van der Waals surface area contributed by atoms with Crippen molar-refractivity contribution in [2.75, 3.05) is 13.1 Å². The quantitative estimate of drug-likeness (QED) is 0.642. The molecule has 0 spiro atoms. The van der Waals surface area contributed by atoms with Gasteiger partial charge in [-0.2, -0.15) is 5.26 Å². The number of amides is 1. The fourth-order valence-electron chi connectivity index (χ4n) is 1.38. The summed E-state index contributed by atoms with van der Waals surface area (Å²) >= 11 is 0. The fourth-order valence-corrected chi connectivity index (χ4v) is 1.38. The second-order valence-electron chi connectivity index (χ2n) is 4.80. The zero-order chi connectivity index (χ0) is 12.6. The SMILES string of the molecule is CC(C)(C)OC(=O)N1CC(C#N)C(F)(F)C1. The minimum atomic E-state index is -3.15. The highest BCUT2D eigenvalue weighted by Crippen LogP contribution is 2.33. The Labute approximate surface area is 92.8 Å². The molecule has 1 rings (SSSR count). The average Bonchev–Trinajstić information content (AvgIpc) is 2.37. The molecule has 1 fully saturated rings. The lowest BCUT2D eigenvalue weighted by molar-refractivity contribution is -0.0160. The summed E-state index contributed by atoms with van der Waals surface area (Å²) in [5.74, 6) is -4.59. The zero-order valence-electron chi connectivity index (χ0n) is 9.46. The number of ether oxygens (including phenoxy) is 1. The van der Waals surface area contributed by atoms with Crippen molar-refractivity contribution >= 4 is 6.09 Å². The van der Waals surface area contributed by atoms with Crippen LogP contribution < -0.4 is 0 Å². The Hall–Kier alpha value is -1.38. The van der Waals surface area contributed by atoms with Gasteiger partial charge in [0.25, 0.3) is 5.92 Å². The minimum absolute atomic E-state index is 0.279. The van der Waals surface area contributed by atoms with E-state index in [2.05, 4.69) is 0 Å². The molecule has 16 heavy (non-hydrogen) atoms. The summed E-state index contributed by atoms with van der Waals surface area (Å²) < 4.78 is 31.3. The molecule has 90 valence electrons. The molecular weight excluding hydrogens is 218 g/mol. The summed E-state index contributed by atoms with van der Waals surface area (Å²) in [6.07, 6.45) is -0.801. The van der Waals surface area contributed by atoms with Crippen LogP contribution in [0.4, 0.5) is 13.6 Å². The van der Waals surface area contributed by atoms with Crippen LogP contribution in [0.2, 0.25) is 0 Å². The Morgan fingerprint density at radius 2 is 2.12 bits per heavy atom. The third-order valence-electron chi connectivity index (χ3n) is 2.12. The van der Waals surface area contributed by atoms with E-state index >= 15 is 0 Å². The maximum atomic E-state index is 13.2. The first-order valence-electron chi connectivity index (χ1n) is 4.91. The topological polar surface area (TPSA) is 53.3 Å². The Morgan fingerprint density at radius 1 is 1.56 bits per heavy atom. The summed E-state index contributed by atoms with van der Waals surface area (Å²) in [5.41, 5.74) is -0.725. The molecule has 1 aliphatic rings. The smallest absolute Gasteiger partial charge is 0.410 e. The Balaban J connectivity index is 2.66. The van der Waals surface area contributed by atoms with Gasteiger partial charge in [0, 0.05) is 6.54 Å². The third-order valence-corrected chi connectivity index (χ3v) is 2.12. The average molecular weight is 232 g/mol. The number of rotatable bonds is 0. The van der Waals surface area contributed by atoms with Crippen LogP contribution in [-0.2, 0) is 4.74 Å². The molecule has 1 amide bonds. The van der Waals surface area contributed by atoms with E-state index in [4.69, 9.17) is 10.00 Å². The summed E-state index contributed by atoms with van der Waals surface area (Å²) in [6.45, 7) is 3.93. The number of alkyl halides is 2. The summed E-state index contributed by atoms with van der Waals surface area (Å²) in [4.78, 5) is 12.3. The van der Waals surface area contributed by atoms with E-state index < -0.39 is 30.1 Å². The number of hydrogen-bond acceptors (Lipinski definition) is 3. The molecule has 1 atom stereocenters. The first-order valence-corrected chi connectivity index (χ1v) is 4.91. The van der Waals surface area contributed by atoms with Crippen molar-refractivity contribution in [3.05, 3.63) is 0 Å². The van der Waals surface area contributed by atoms with Crippen LogP contribution in [0.5, 0.6) is 0 Å². The van der Waals surface area contributed by atoms with Crippen LogP contribution in [0.3, 0.4) is 0 Å². The maximum absolute atomic E-state index is 13.2. The maximum Gasteiger partial charge on any atom is 0.410 e. The highest BCUT2D eigenvalue weighted by atomic mass is 19.3. The van der Waals surface area contributed by atoms with E-state index in [1.54, 1.807) is 20.8 Å². The van der Waals surface area contributed by atoms with E-state index in [0.717, 1.165) is 4.90 Å². The van der Waals surface area contributed by atoms with E-state index in [-0.39, 0.29) is 6.54 Å². The van der Waals surface area contributed by atoms with E-state index in [9.17, 15) is 13.6 Å². The van der Waals surface area contributed by atoms with Crippen molar-refractivity contribution in [1.29, 1.82) is 5.26 Å². The molecule has 0 aromatic rings.